The Hall–Kier alpha value is -1.59. The number of furan rings is 1. The van der Waals surface area contributed by atoms with Gasteiger partial charge in [0.25, 0.3) is 0 Å². The number of hydrogen-bond acceptors (Lipinski definition) is 4. The van der Waals surface area contributed by atoms with E-state index in [2.05, 4.69) is 52.1 Å². The summed E-state index contributed by atoms with van der Waals surface area (Å²) in [5.74, 6) is 1.03. The van der Waals surface area contributed by atoms with Crippen molar-refractivity contribution in [2.75, 3.05) is 27.2 Å². The topological polar surface area (TPSA) is 37.4 Å². The van der Waals surface area contributed by atoms with Crippen LogP contribution >= 0.6 is 0 Å². The summed E-state index contributed by atoms with van der Waals surface area (Å²) in [6.07, 6.45) is 13.9. The van der Waals surface area contributed by atoms with Crippen molar-refractivity contribution in [1.29, 1.82) is 0 Å². The van der Waals surface area contributed by atoms with Gasteiger partial charge in [0.15, 0.2) is 0 Å². The summed E-state index contributed by atoms with van der Waals surface area (Å²) < 4.78 is 7.76. The van der Waals surface area contributed by atoms with E-state index in [1.165, 1.54) is 37.7 Å². The van der Waals surface area contributed by atoms with Crippen LogP contribution in [0, 0.1) is 0 Å². The fourth-order valence-electron chi connectivity index (χ4n) is 3.71. The van der Waals surface area contributed by atoms with E-state index < -0.39 is 0 Å². The van der Waals surface area contributed by atoms with E-state index in [1.807, 2.05) is 6.07 Å². The minimum absolute atomic E-state index is 0.606. The van der Waals surface area contributed by atoms with Gasteiger partial charge in [-0.2, -0.15) is 5.10 Å². The van der Waals surface area contributed by atoms with Crippen LogP contribution in [0.3, 0.4) is 0 Å². The van der Waals surface area contributed by atoms with Crippen molar-refractivity contribution in [2.24, 2.45) is 0 Å². The van der Waals surface area contributed by atoms with Gasteiger partial charge in [0.05, 0.1) is 25.0 Å². The molecular weight excluding hydrogens is 312 g/mol. The lowest BCUT2D eigenvalue weighted by molar-refractivity contribution is 0.222. The first-order valence-electron chi connectivity index (χ1n) is 9.63. The molecule has 0 amide bonds. The van der Waals surface area contributed by atoms with Gasteiger partial charge < -0.3 is 9.32 Å². The SMILES string of the molecule is CN(C)CCCN(Cc1cnn(C2CCCCC2)c1)Cc1ccco1. The summed E-state index contributed by atoms with van der Waals surface area (Å²) in [5, 5.41) is 4.66. The van der Waals surface area contributed by atoms with Crippen LogP contribution in [0.1, 0.15) is 55.9 Å². The lowest BCUT2D eigenvalue weighted by atomic mass is 9.96. The van der Waals surface area contributed by atoms with E-state index in [0.717, 1.165) is 38.4 Å². The number of hydrogen-bond donors (Lipinski definition) is 0. The minimum atomic E-state index is 0.606. The third-order valence-electron chi connectivity index (χ3n) is 5.05. The molecule has 1 aliphatic rings. The fraction of sp³-hybridized carbons (Fsp3) is 0.650. The second-order valence-corrected chi connectivity index (χ2v) is 7.57. The molecule has 0 atom stereocenters. The lowest BCUT2D eigenvalue weighted by Gasteiger charge is -2.22. The van der Waals surface area contributed by atoms with Gasteiger partial charge in [-0.3, -0.25) is 9.58 Å². The standard InChI is InChI=1S/C20H32N4O/c1-22(2)11-7-12-23(17-20-10-6-13-25-20)15-18-14-21-24(16-18)19-8-4-3-5-9-19/h6,10,13-14,16,19H,3-5,7-9,11-12,15,17H2,1-2H3. The second-order valence-electron chi connectivity index (χ2n) is 7.57. The van der Waals surface area contributed by atoms with Crippen molar-refractivity contribution in [3.8, 4) is 0 Å². The molecule has 0 aliphatic heterocycles. The van der Waals surface area contributed by atoms with E-state index in [0.29, 0.717) is 6.04 Å². The van der Waals surface area contributed by atoms with Crippen molar-refractivity contribution in [2.45, 2.75) is 57.7 Å². The van der Waals surface area contributed by atoms with E-state index in [1.54, 1.807) is 6.26 Å². The molecular formula is C20H32N4O. The van der Waals surface area contributed by atoms with Crippen molar-refractivity contribution >= 4 is 0 Å². The van der Waals surface area contributed by atoms with Crippen molar-refractivity contribution in [3.05, 3.63) is 42.1 Å². The number of rotatable bonds is 9. The van der Waals surface area contributed by atoms with Gasteiger partial charge in [-0.1, -0.05) is 19.3 Å². The summed E-state index contributed by atoms with van der Waals surface area (Å²) in [5.41, 5.74) is 1.31. The molecule has 0 saturated heterocycles. The molecule has 0 spiro atoms. The normalized spacial score (nSPS) is 16.2. The molecule has 1 fully saturated rings. The molecule has 0 bridgehead atoms. The highest BCUT2D eigenvalue weighted by Gasteiger charge is 2.17. The molecule has 1 aliphatic carbocycles. The van der Waals surface area contributed by atoms with E-state index in [-0.39, 0.29) is 0 Å². The van der Waals surface area contributed by atoms with Crippen molar-refractivity contribution in [1.82, 2.24) is 19.6 Å². The summed E-state index contributed by atoms with van der Waals surface area (Å²) >= 11 is 0. The predicted molar refractivity (Wildman–Crippen MR) is 100 cm³/mol. The Kier molecular flexibility index (Phi) is 6.70. The Morgan fingerprint density at radius 3 is 2.72 bits per heavy atom. The van der Waals surface area contributed by atoms with E-state index >= 15 is 0 Å². The first-order chi connectivity index (χ1) is 12.2. The third-order valence-corrected chi connectivity index (χ3v) is 5.05. The van der Waals surface area contributed by atoms with Gasteiger partial charge in [0.1, 0.15) is 5.76 Å². The smallest absolute Gasteiger partial charge is 0.117 e. The molecule has 0 aromatic carbocycles. The van der Waals surface area contributed by atoms with Crippen molar-refractivity contribution in [3.63, 3.8) is 0 Å². The Morgan fingerprint density at radius 1 is 1.16 bits per heavy atom. The maximum absolute atomic E-state index is 5.56. The molecule has 5 nitrogen and oxygen atoms in total. The Balaban J connectivity index is 1.59. The third kappa shape index (κ3) is 5.72. The first-order valence-corrected chi connectivity index (χ1v) is 9.63. The van der Waals surface area contributed by atoms with Gasteiger partial charge in [-0.15, -0.1) is 0 Å². The first kappa shape index (κ1) is 18.2. The van der Waals surface area contributed by atoms with Gasteiger partial charge >= 0.3 is 0 Å². The predicted octanol–water partition coefficient (Wildman–Crippen LogP) is 3.94. The zero-order valence-corrected chi connectivity index (χ0v) is 15.7. The largest absolute Gasteiger partial charge is 0.468 e. The maximum Gasteiger partial charge on any atom is 0.117 e. The molecule has 25 heavy (non-hydrogen) atoms. The monoisotopic (exact) mass is 344 g/mol. The maximum atomic E-state index is 5.56. The van der Waals surface area contributed by atoms with Crippen LogP contribution < -0.4 is 0 Å². The molecule has 2 aromatic rings. The summed E-state index contributed by atoms with van der Waals surface area (Å²) in [7, 11) is 4.26. The van der Waals surface area contributed by atoms with Gasteiger partial charge in [-0.25, -0.2) is 0 Å². The number of aromatic nitrogens is 2. The van der Waals surface area contributed by atoms with Crippen LogP contribution in [0.2, 0.25) is 0 Å². The Morgan fingerprint density at radius 2 is 2.00 bits per heavy atom. The lowest BCUT2D eigenvalue weighted by Crippen LogP contribution is -2.26. The highest BCUT2D eigenvalue weighted by atomic mass is 16.3. The fourth-order valence-corrected chi connectivity index (χ4v) is 3.71. The van der Waals surface area contributed by atoms with Crippen LogP contribution in [0.25, 0.3) is 0 Å². The number of nitrogens with zero attached hydrogens (tertiary/aromatic N) is 4. The van der Waals surface area contributed by atoms with Crippen LogP contribution in [0.4, 0.5) is 0 Å². The average molecular weight is 345 g/mol. The van der Waals surface area contributed by atoms with E-state index in [9.17, 15) is 0 Å². The molecule has 0 radical (unpaired) electrons. The second kappa shape index (κ2) is 9.20. The molecule has 5 heteroatoms. The van der Waals surface area contributed by atoms with Gasteiger partial charge in [0.2, 0.25) is 0 Å². The molecule has 3 rings (SSSR count). The Bertz CT molecular complexity index is 599. The molecule has 2 aromatic heterocycles. The van der Waals surface area contributed by atoms with Crippen LogP contribution in [-0.4, -0.2) is 46.8 Å². The highest BCUT2D eigenvalue weighted by Crippen LogP contribution is 2.27. The summed E-state index contributed by atoms with van der Waals surface area (Å²) in [6.45, 7) is 3.96. The minimum Gasteiger partial charge on any atom is -0.468 e. The van der Waals surface area contributed by atoms with Crippen LogP contribution in [0.15, 0.2) is 35.2 Å². The molecule has 1 saturated carbocycles. The molecule has 0 unspecified atom stereocenters. The van der Waals surface area contributed by atoms with Crippen molar-refractivity contribution < 1.29 is 4.42 Å². The Labute approximate surface area is 151 Å². The zero-order chi connectivity index (χ0) is 17.5. The molecule has 0 N–H and O–H groups in total. The van der Waals surface area contributed by atoms with Gasteiger partial charge in [0, 0.05) is 24.8 Å². The molecule has 138 valence electrons. The summed E-state index contributed by atoms with van der Waals surface area (Å²) in [6, 6.07) is 4.63. The average Bonchev–Trinajstić information content (AvgIpc) is 3.27. The van der Waals surface area contributed by atoms with Crippen LogP contribution in [0.5, 0.6) is 0 Å². The highest BCUT2D eigenvalue weighted by molar-refractivity contribution is 5.06. The van der Waals surface area contributed by atoms with Crippen LogP contribution in [-0.2, 0) is 13.1 Å². The van der Waals surface area contributed by atoms with E-state index in [4.69, 9.17) is 4.42 Å². The molecule has 2 heterocycles. The quantitative estimate of drug-likeness (QED) is 0.691. The summed E-state index contributed by atoms with van der Waals surface area (Å²) in [4.78, 5) is 4.71. The zero-order valence-electron chi connectivity index (χ0n) is 15.7. The van der Waals surface area contributed by atoms with Gasteiger partial charge in [-0.05, 0) is 52.0 Å².